The van der Waals surface area contributed by atoms with E-state index in [4.69, 9.17) is 4.74 Å². The van der Waals surface area contributed by atoms with Crippen molar-refractivity contribution in [1.82, 2.24) is 0 Å². The molecule has 2 aromatic carbocycles. The summed E-state index contributed by atoms with van der Waals surface area (Å²) in [5.41, 5.74) is 2.18. The van der Waals surface area contributed by atoms with Gasteiger partial charge in [-0.3, -0.25) is 0 Å². The molecule has 0 radical (unpaired) electrons. The Bertz CT molecular complexity index is 725. The second kappa shape index (κ2) is 6.19. The van der Waals surface area contributed by atoms with Gasteiger partial charge in [-0.15, -0.1) is 0 Å². The third-order valence-electron chi connectivity index (χ3n) is 3.95. The number of halogens is 4. The van der Waals surface area contributed by atoms with Gasteiger partial charge in [0.25, 0.3) is 0 Å². The van der Waals surface area contributed by atoms with Gasteiger partial charge in [-0.2, -0.15) is 13.2 Å². The Kier molecular flexibility index (Phi) is 4.41. The molecule has 1 heterocycles. The van der Waals surface area contributed by atoms with Crippen LogP contribution in [-0.2, 0) is 19.0 Å². The molecule has 2 aromatic rings. The van der Waals surface area contributed by atoms with Gasteiger partial charge in [-0.1, -0.05) is 35.3 Å². The highest BCUT2D eigenvalue weighted by Gasteiger charge is 2.33. The molecule has 0 aromatic heterocycles. The summed E-state index contributed by atoms with van der Waals surface area (Å²) in [5, 5.41) is 0. The minimum Gasteiger partial charge on any atom is -0.485 e. The summed E-state index contributed by atoms with van der Waals surface area (Å²) < 4.78 is 45.3. The van der Waals surface area contributed by atoms with Gasteiger partial charge in [0, 0.05) is 10.9 Å². The molecule has 0 spiro atoms. The Balaban J connectivity index is 1.87. The number of hydrogen-bond acceptors (Lipinski definition) is 1. The zero-order valence-corrected chi connectivity index (χ0v) is 14.2. The Morgan fingerprint density at radius 2 is 1.96 bits per heavy atom. The monoisotopic (exact) mass is 384 g/mol. The van der Waals surface area contributed by atoms with E-state index in [2.05, 4.69) is 35.0 Å². The molecule has 1 atom stereocenters. The normalized spacial score (nSPS) is 17.0. The fraction of sp³-hybridized carbons (Fsp3) is 0.333. The Morgan fingerprint density at radius 3 is 2.65 bits per heavy atom. The summed E-state index contributed by atoms with van der Waals surface area (Å²) in [6, 6.07) is 9.81. The van der Waals surface area contributed by atoms with Crippen LogP contribution >= 0.6 is 15.9 Å². The van der Waals surface area contributed by atoms with Crippen molar-refractivity contribution in [3.63, 3.8) is 0 Å². The standard InChI is InChI=1S/C18H16BrF3O/c1-2-3-11-6-12(9-15(19)7-11)17-10-13-8-14(18(20,21)22)4-5-16(13)23-17/h4-9,17H,2-3,10H2,1H3/t17-/m0/s1. The molecule has 0 saturated heterocycles. The number of benzene rings is 2. The highest BCUT2D eigenvalue weighted by Crippen LogP contribution is 2.40. The summed E-state index contributed by atoms with van der Waals surface area (Å²) >= 11 is 3.50. The van der Waals surface area contributed by atoms with Crippen molar-refractivity contribution < 1.29 is 17.9 Å². The average Bonchev–Trinajstić information content (AvgIpc) is 2.89. The Morgan fingerprint density at radius 1 is 1.17 bits per heavy atom. The van der Waals surface area contributed by atoms with Crippen molar-refractivity contribution in [1.29, 1.82) is 0 Å². The largest absolute Gasteiger partial charge is 0.485 e. The van der Waals surface area contributed by atoms with Gasteiger partial charge in [-0.25, -0.2) is 0 Å². The van der Waals surface area contributed by atoms with E-state index in [0.29, 0.717) is 17.7 Å². The zero-order chi connectivity index (χ0) is 16.6. The quantitative estimate of drug-likeness (QED) is 0.621. The average molecular weight is 385 g/mol. The summed E-state index contributed by atoms with van der Waals surface area (Å²) in [7, 11) is 0. The van der Waals surface area contributed by atoms with E-state index in [1.165, 1.54) is 17.7 Å². The lowest BCUT2D eigenvalue weighted by Gasteiger charge is -2.13. The Labute approximate surface area is 141 Å². The maximum atomic E-state index is 12.8. The van der Waals surface area contributed by atoms with Gasteiger partial charge in [0.15, 0.2) is 0 Å². The van der Waals surface area contributed by atoms with Gasteiger partial charge in [-0.05, 0) is 53.4 Å². The minimum atomic E-state index is -4.32. The predicted molar refractivity (Wildman–Crippen MR) is 86.7 cm³/mol. The summed E-state index contributed by atoms with van der Waals surface area (Å²) in [6.07, 6.45) is -2.10. The molecule has 0 saturated carbocycles. The zero-order valence-electron chi connectivity index (χ0n) is 12.6. The van der Waals surface area contributed by atoms with Crippen LogP contribution < -0.4 is 4.74 Å². The summed E-state index contributed by atoms with van der Waals surface area (Å²) in [5.74, 6) is 0.542. The fourth-order valence-corrected chi connectivity index (χ4v) is 3.46. The van der Waals surface area contributed by atoms with Crippen molar-refractivity contribution >= 4 is 15.9 Å². The molecule has 23 heavy (non-hydrogen) atoms. The molecule has 0 bridgehead atoms. The molecule has 0 unspecified atom stereocenters. The molecular weight excluding hydrogens is 369 g/mol. The van der Waals surface area contributed by atoms with Gasteiger partial charge < -0.3 is 4.74 Å². The number of alkyl halides is 3. The van der Waals surface area contributed by atoms with E-state index in [-0.39, 0.29) is 6.10 Å². The van der Waals surface area contributed by atoms with Gasteiger partial charge >= 0.3 is 6.18 Å². The van der Waals surface area contributed by atoms with Crippen LogP contribution in [-0.4, -0.2) is 0 Å². The number of fused-ring (bicyclic) bond motifs is 1. The number of ether oxygens (including phenoxy) is 1. The first-order chi connectivity index (χ1) is 10.9. The van der Waals surface area contributed by atoms with E-state index in [9.17, 15) is 13.2 Å². The lowest BCUT2D eigenvalue weighted by atomic mass is 9.99. The van der Waals surface area contributed by atoms with Crippen LogP contribution in [0.1, 0.15) is 41.7 Å². The van der Waals surface area contributed by atoms with Crippen LogP contribution in [0.5, 0.6) is 5.75 Å². The third-order valence-corrected chi connectivity index (χ3v) is 4.41. The van der Waals surface area contributed by atoms with E-state index >= 15 is 0 Å². The van der Waals surface area contributed by atoms with Gasteiger partial charge in [0.05, 0.1) is 5.56 Å². The maximum Gasteiger partial charge on any atom is 0.416 e. The predicted octanol–water partition coefficient (Wildman–Crippen LogP) is 6.10. The number of rotatable bonds is 3. The van der Waals surface area contributed by atoms with E-state index < -0.39 is 11.7 Å². The van der Waals surface area contributed by atoms with Crippen molar-refractivity contribution in [2.75, 3.05) is 0 Å². The lowest BCUT2D eigenvalue weighted by Crippen LogP contribution is -2.05. The smallest absolute Gasteiger partial charge is 0.416 e. The van der Waals surface area contributed by atoms with Crippen molar-refractivity contribution in [3.05, 3.63) is 63.1 Å². The van der Waals surface area contributed by atoms with Gasteiger partial charge in [0.2, 0.25) is 0 Å². The minimum absolute atomic E-state index is 0.235. The summed E-state index contributed by atoms with van der Waals surface area (Å²) in [4.78, 5) is 0. The SMILES string of the molecule is CCCc1cc(Br)cc([C@@H]2Cc3cc(C(F)(F)F)ccc3O2)c1. The second-order valence-corrected chi connectivity index (χ2v) is 6.69. The molecule has 0 aliphatic carbocycles. The van der Waals surface area contributed by atoms with Crippen molar-refractivity contribution in [3.8, 4) is 5.75 Å². The molecule has 0 N–H and O–H groups in total. The van der Waals surface area contributed by atoms with Crippen LogP contribution in [0.15, 0.2) is 40.9 Å². The van der Waals surface area contributed by atoms with Crippen LogP contribution in [0.2, 0.25) is 0 Å². The van der Waals surface area contributed by atoms with E-state index in [1.807, 2.05) is 6.07 Å². The molecular formula is C18H16BrF3O. The molecule has 122 valence electrons. The molecule has 0 fully saturated rings. The summed E-state index contributed by atoms with van der Waals surface area (Å²) in [6.45, 7) is 2.11. The van der Waals surface area contributed by atoms with Gasteiger partial charge in [0.1, 0.15) is 11.9 Å². The second-order valence-electron chi connectivity index (χ2n) is 5.77. The molecule has 1 nitrogen and oxygen atoms in total. The first-order valence-corrected chi connectivity index (χ1v) is 8.32. The molecule has 1 aliphatic rings. The van der Waals surface area contributed by atoms with E-state index in [0.717, 1.165) is 28.9 Å². The van der Waals surface area contributed by atoms with Crippen molar-refractivity contribution in [2.45, 2.75) is 38.5 Å². The molecule has 5 heteroatoms. The molecule has 1 aliphatic heterocycles. The first-order valence-electron chi connectivity index (χ1n) is 7.53. The molecule has 3 rings (SSSR count). The third kappa shape index (κ3) is 3.55. The Hall–Kier alpha value is -1.49. The maximum absolute atomic E-state index is 12.8. The lowest BCUT2D eigenvalue weighted by molar-refractivity contribution is -0.137. The van der Waals surface area contributed by atoms with Crippen LogP contribution in [0.4, 0.5) is 13.2 Å². The highest BCUT2D eigenvalue weighted by molar-refractivity contribution is 9.10. The number of hydrogen-bond donors (Lipinski definition) is 0. The first kappa shape index (κ1) is 16.4. The van der Waals surface area contributed by atoms with Crippen LogP contribution in [0.3, 0.4) is 0 Å². The van der Waals surface area contributed by atoms with Crippen LogP contribution in [0.25, 0.3) is 0 Å². The highest BCUT2D eigenvalue weighted by atomic mass is 79.9. The van der Waals surface area contributed by atoms with Crippen molar-refractivity contribution in [2.24, 2.45) is 0 Å². The number of aryl methyl sites for hydroxylation is 1. The topological polar surface area (TPSA) is 9.23 Å². The van der Waals surface area contributed by atoms with E-state index in [1.54, 1.807) is 0 Å². The fourth-order valence-electron chi connectivity index (χ4n) is 2.91. The van der Waals surface area contributed by atoms with Crippen LogP contribution in [0, 0.1) is 0 Å². The molecule has 0 amide bonds.